The average Bonchev–Trinajstić information content (AvgIpc) is 2.83. The first kappa shape index (κ1) is 23.2. The second-order valence-corrected chi connectivity index (χ2v) is 9.12. The maximum absolute atomic E-state index is 13.2. The van der Waals surface area contributed by atoms with Crippen molar-refractivity contribution in [3.63, 3.8) is 0 Å². The van der Waals surface area contributed by atoms with Crippen LogP contribution in [0.25, 0.3) is 0 Å². The van der Waals surface area contributed by atoms with Crippen LogP contribution in [0.2, 0.25) is 0 Å². The quantitative estimate of drug-likeness (QED) is 0.537. The molecule has 0 unspecified atom stereocenters. The number of hydrogen-bond donors (Lipinski definition) is 1. The van der Waals surface area contributed by atoms with Crippen molar-refractivity contribution in [1.82, 2.24) is 19.8 Å². The zero-order valence-electron chi connectivity index (χ0n) is 19.6. The van der Waals surface area contributed by atoms with E-state index >= 15 is 0 Å². The Morgan fingerprint density at radius 2 is 1.76 bits per heavy atom. The van der Waals surface area contributed by atoms with Crippen LogP contribution >= 0.6 is 0 Å². The third kappa shape index (κ3) is 5.87. The van der Waals surface area contributed by atoms with Gasteiger partial charge in [-0.3, -0.25) is 14.7 Å². The molecule has 2 saturated heterocycles. The summed E-state index contributed by atoms with van der Waals surface area (Å²) in [7, 11) is 1.57. The normalized spacial score (nSPS) is 19.0. The van der Waals surface area contributed by atoms with Crippen LogP contribution in [0.15, 0.2) is 41.8 Å². The summed E-state index contributed by atoms with van der Waals surface area (Å²) in [5.41, 5.74) is 9.87. The number of nitrogens with zero attached hydrogens (tertiary/aromatic N) is 5. The second kappa shape index (κ2) is 10.7. The molecule has 8 nitrogen and oxygen atoms in total. The number of piperidine rings is 2. The van der Waals surface area contributed by atoms with Gasteiger partial charge in [-0.25, -0.2) is 4.98 Å². The molecule has 0 spiro atoms. The summed E-state index contributed by atoms with van der Waals surface area (Å²) in [5, 5.41) is 4.30. The van der Waals surface area contributed by atoms with Gasteiger partial charge in [0, 0.05) is 43.9 Å². The number of amides is 1. The summed E-state index contributed by atoms with van der Waals surface area (Å²) in [6.07, 6.45) is 7.14. The molecule has 2 aromatic heterocycles. The molecular weight excluding hydrogens is 416 g/mol. The van der Waals surface area contributed by atoms with Crippen LogP contribution in [0, 0.1) is 18.8 Å². The molecule has 2 aromatic rings. The van der Waals surface area contributed by atoms with Crippen molar-refractivity contribution in [2.45, 2.75) is 39.2 Å². The van der Waals surface area contributed by atoms with Crippen molar-refractivity contribution in [3.05, 3.63) is 53.5 Å². The summed E-state index contributed by atoms with van der Waals surface area (Å²) in [5.74, 6) is 1.22. The number of oxime groups is 1. The molecule has 33 heavy (non-hydrogen) atoms. The number of aryl methyl sites for hydroxylation is 1. The van der Waals surface area contributed by atoms with Crippen molar-refractivity contribution in [2.75, 3.05) is 39.0 Å². The maximum Gasteiger partial charge on any atom is 0.225 e. The van der Waals surface area contributed by atoms with Crippen molar-refractivity contribution in [3.8, 4) is 0 Å². The standard InChI is InChI=1S/C25H34N6O2/c1-18-3-9-27-22(15-18)24(29-33-2)20-7-13-31(14-8-20)25(32)21-5-11-30(12-6-21)17-19-4-10-28-23(26)16-19/h3-4,9-10,15-16,20-21H,5-8,11-14,17H2,1-2H3,(H2,26,28)/b29-24-. The van der Waals surface area contributed by atoms with Gasteiger partial charge in [0.25, 0.3) is 0 Å². The van der Waals surface area contributed by atoms with E-state index in [0.29, 0.717) is 11.7 Å². The third-order valence-corrected chi connectivity index (χ3v) is 6.75. The van der Waals surface area contributed by atoms with Crippen LogP contribution in [0.4, 0.5) is 5.82 Å². The first-order chi connectivity index (χ1) is 16.0. The molecule has 0 radical (unpaired) electrons. The molecule has 176 valence electrons. The number of likely N-dealkylation sites (tertiary alicyclic amines) is 2. The van der Waals surface area contributed by atoms with Gasteiger partial charge in [0.1, 0.15) is 18.6 Å². The van der Waals surface area contributed by atoms with E-state index in [1.807, 2.05) is 30.5 Å². The zero-order valence-corrected chi connectivity index (χ0v) is 19.6. The van der Waals surface area contributed by atoms with E-state index in [4.69, 9.17) is 10.6 Å². The highest BCUT2D eigenvalue weighted by molar-refractivity contribution is 6.00. The van der Waals surface area contributed by atoms with Gasteiger partial charge in [-0.15, -0.1) is 0 Å². The van der Waals surface area contributed by atoms with Gasteiger partial charge < -0.3 is 15.5 Å². The van der Waals surface area contributed by atoms with Gasteiger partial charge in [-0.2, -0.15) is 0 Å². The summed E-state index contributed by atoms with van der Waals surface area (Å²) >= 11 is 0. The topological polar surface area (TPSA) is 96.9 Å². The first-order valence-electron chi connectivity index (χ1n) is 11.8. The predicted octanol–water partition coefficient (Wildman–Crippen LogP) is 2.87. The monoisotopic (exact) mass is 450 g/mol. The number of hydrogen-bond acceptors (Lipinski definition) is 7. The van der Waals surface area contributed by atoms with Crippen molar-refractivity contribution >= 4 is 17.4 Å². The first-order valence-corrected chi connectivity index (χ1v) is 11.8. The number of carbonyl (C=O) groups excluding carboxylic acids is 1. The molecule has 0 bridgehead atoms. The molecule has 8 heteroatoms. The van der Waals surface area contributed by atoms with E-state index in [9.17, 15) is 4.79 Å². The molecule has 0 aliphatic carbocycles. The minimum Gasteiger partial charge on any atom is -0.399 e. The molecule has 0 aromatic carbocycles. The van der Waals surface area contributed by atoms with Crippen LogP contribution in [0.3, 0.4) is 0 Å². The van der Waals surface area contributed by atoms with Crippen LogP contribution in [0.5, 0.6) is 0 Å². The van der Waals surface area contributed by atoms with Crippen molar-refractivity contribution in [1.29, 1.82) is 0 Å². The fraction of sp³-hybridized carbons (Fsp3) is 0.520. The Bertz CT molecular complexity index is 978. The van der Waals surface area contributed by atoms with Gasteiger partial charge >= 0.3 is 0 Å². The van der Waals surface area contributed by atoms with Gasteiger partial charge in [0.05, 0.1) is 5.69 Å². The number of pyridine rings is 2. The highest BCUT2D eigenvalue weighted by atomic mass is 16.6. The molecule has 4 heterocycles. The number of carbonyl (C=O) groups is 1. The van der Waals surface area contributed by atoms with Crippen LogP contribution < -0.4 is 5.73 Å². The fourth-order valence-corrected chi connectivity index (χ4v) is 4.93. The Labute approximate surface area is 195 Å². The molecule has 2 N–H and O–H groups in total. The number of aromatic nitrogens is 2. The highest BCUT2D eigenvalue weighted by Gasteiger charge is 2.32. The average molecular weight is 451 g/mol. The summed E-state index contributed by atoms with van der Waals surface area (Å²) in [6, 6.07) is 7.95. The Balaban J connectivity index is 1.28. The smallest absolute Gasteiger partial charge is 0.225 e. The molecule has 0 atom stereocenters. The number of rotatable bonds is 6. The van der Waals surface area contributed by atoms with E-state index in [0.717, 1.165) is 75.4 Å². The lowest BCUT2D eigenvalue weighted by Gasteiger charge is -2.37. The summed E-state index contributed by atoms with van der Waals surface area (Å²) in [6.45, 7) is 6.28. The molecule has 4 rings (SSSR count). The largest absolute Gasteiger partial charge is 0.399 e. The van der Waals surface area contributed by atoms with Crippen LogP contribution in [-0.2, 0) is 16.2 Å². The maximum atomic E-state index is 13.2. The second-order valence-electron chi connectivity index (χ2n) is 9.12. The lowest BCUT2D eigenvalue weighted by Crippen LogP contribution is -2.46. The molecule has 0 saturated carbocycles. The number of anilines is 1. The summed E-state index contributed by atoms with van der Waals surface area (Å²) in [4.78, 5) is 31.3. The minimum atomic E-state index is 0.117. The molecular formula is C25H34N6O2. The Morgan fingerprint density at radius 3 is 2.42 bits per heavy atom. The Kier molecular flexibility index (Phi) is 7.54. The SMILES string of the molecule is CO/N=C(\c1cc(C)ccn1)C1CCN(C(=O)C2CCN(Cc3ccnc(N)c3)CC2)CC1. The third-order valence-electron chi connectivity index (χ3n) is 6.75. The highest BCUT2D eigenvalue weighted by Crippen LogP contribution is 2.27. The van der Waals surface area contributed by atoms with Gasteiger partial charge in [0.2, 0.25) is 5.91 Å². The van der Waals surface area contributed by atoms with Gasteiger partial charge in [0.15, 0.2) is 0 Å². The van der Waals surface area contributed by atoms with Crippen molar-refractivity contribution in [2.24, 2.45) is 17.0 Å². The molecule has 2 fully saturated rings. The van der Waals surface area contributed by atoms with E-state index < -0.39 is 0 Å². The Morgan fingerprint density at radius 1 is 1.06 bits per heavy atom. The molecule has 1 amide bonds. The van der Waals surface area contributed by atoms with E-state index in [1.54, 1.807) is 13.3 Å². The fourth-order valence-electron chi connectivity index (χ4n) is 4.93. The van der Waals surface area contributed by atoms with Gasteiger partial charge in [-0.05, 0) is 81.1 Å². The Hall–Kier alpha value is -3.00. The van der Waals surface area contributed by atoms with Crippen LogP contribution in [0.1, 0.15) is 42.5 Å². The zero-order chi connectivity index (χ0) is 23.2. The van der Waals surface area contributed by atoms with Gasteiger partial charge in [-0.1, -0.05) is 5.16 Å². The minimum absolute atomic E-state index is 0.117. The lowest BCUT2D eigenvalue weighted by atomic mass is 9.88. The number of nitrogens with two attached hydrogens (primary N) is 1. The summed E-state index contributed by atoms with van der Waals surface area (Å²) < 4.78 is 0. The molecule has 2 aliphatic heterocycles. The number of nitrogen functional groups attached to an aromatic ring is 1. The van der Waals surface area contributed by atoms with E-state index in [1.165, 1.54) is 5.56 Å². The van der Waals surface area contributed by atoms with Crippen molar-refractivity contribution < 1.29 is 9.63 Å². The predicted molar refractivity (Wildman–Crippen MR) is 128 cm³/mol. The van der Waals surface area contributed by atoms with E-state index in [-0.39, 0.29) is 11.8 Å². The van der Waals surface area contributed by atoms with E-state index in [2.05, 4.69) is 31.8 Å². The van der Waals surface area contributed by atoms with Crippen LogP contribution in [-0.4, -0.2) is 64.7 Å². The lowest BCUT2D eigenvalue weighted by molar-refractivity contribution is -0.138. The molecule has 2 aliphatic rings.